The molecule has 84 valence electrons. The molecule has 0 aliphatic carbocycles. The van der Waals surface area contributed by atoms with Crippen LogP contribution in [0.3, 0.4) is 0 Å². The van der Waals surface area contributed by atoms with E-state index in [4.69, 9.17) is 18.9 Å². The second-order valence-corrected chi connectivity index (χ2v) is 3.55. The van der Waals surface area contributed by atoms with Gasteiger partial charge in [0.05, 0.1) is 27.2 Å². The molecule has 2 aliphatic rings. The number of carbonyl (C=O) groups excluding carboxylic acids is 1. The maximum atomic E-state index is 11.4. The molecule has 1 unspecified atom stereocenters. The Kier molecular flexibility index (Phi) is 2.56. The fourth-order valence-corrected chi connectivity index (χ4v) is 2.21. The number of methoxy groups -OCH3 is 3. The molecule has 0 aromatic heterocycles. The second-order valence-electron chi connectivity index (χ2n) is 3.55. The molecule has 0 amide bonds. The van der Waals surface area contributed by atoms with Crippen LogP contribution < -0.4 is 0 Å². The smallest absolute Gasteiger partial charge is 0.311 e. The standard InChI is InChI=1S/C10H14O5/c1-12-8-6-4-5(10(11)14-3)7(15-6)9(8)13-2/h5-7H,4H2,1-3H3/t5?,6-,7+/m1/s1. The van der Waals surface area contributed by atoms with E-state index in [1.807, 2.05) is 0 Å². The van der Waals surface area contributed by atoms with E-state index >= 15 is 0 Å². The molecular formula is C10H14O5. The fourth-order valence-electron chi connectivity index (χ4n) is 2.21. The molecule has 2 heterocycles. The topological polar surface area (TPSA) is 54.0 Å². The van der Waals surface area contributed by atoms with Crippen LogP contribution in [0.1, 0.15) is 6.42 Å². The molecule has 0 aromatic carbocycles. The highest BCUT2D eigenvalue weighted by atomic mass is 16.6. The van der Waals surface area contributed by atoms with Crippen LogP contribution in [0.15, 0.2) is 11.5 Å². The maximum absolute atomic E-state index is 11.4. The van der Waals surface area contributed by atoms with Crippen LogP contribution >= 0.6 is 0 Å². The highest BCUT2D eigenvalue weighted by molar-refractivity contribution is 5.74. The van der Waals surface area contributed by atoms with Crippen molar-refractivity contribution in [1.82, 2.24) is 0 Å². The molecule has 2 aliphatic heterocycles. The average molecular weight is 214 g/mol. The number of carbonyl (C=O) groups is 1. The first-order chi connectivity index (χ1) is 7.22. The summed E-state index contributed by atoms with van der Waals surface area (Å²) in [6.07, 6.45) is 0.0920. The third-order valence-electron chi connectivity index (χ3n) is 2.88. The zero-order valence-electron chi connectivity index (χ0n) is 8.98. The molecule has 0 spiro atoms. The van der Waals surface area contributed by atoms with Gasteiger partial charge in [0, 0.05) is 0 Å². The Labute approximate surface area is 87.9 Å². The molecule has 2 bridgehead atoms. The van der Waals surface area contributed by atoms with Crippen molar-refractivity contribution in [2.45, 2.75) is 18.6 Å². The summed E-state index contributed by atoms with van der Waals surface area (Å²) in [6.45, 7) is 0. The van der Waals surface area contributed by atoms with E-state index in [0.717, 1.165) is 0 Å². The number of ether oxygens (including phenoxy) is 4. The van der Waals surface area contributed by atoms with E-state index in [1.165, 1.54) is 7.11 Å². The zero-order chi connectivity index (χ0) is 11.0. The molecule has 3 atom stereocenters. The Bertz CT molecular complexity index is 309. The van der Waals surface area contributed by atoms with E-state index in [1.54, 1.807) is 14.2 Å². The van der Waals surface area contributed by atoms with Crippen molar-refractivity contribution in [3.63, 3.8) is 0 Å². The van der Waals surface area contributed by atoms with Gasteiger partial charge in [-0.25, -0.2) is 0 Å². The van der Waals surface area contributed by atoms with Gasteiger partial charge in [-0.05, 0) is 6.42 Å². The molecule has 1 saturated heterocycles. The van der Waals surface area contributed by atoms with Gasteiger partial charge < -0.3 is 18.9 Å². The van der Waals surface area contributed by atoms with Gasteiger partial charge in [0.1, 0.15) is 12.2 Å². The summed E-state index contributed by atoms with van der Waals surface area (Å²) < 4.78 is 20.7. The zero-order valence-corrected chi connectivity index (χ0v) is 8.98. The second kappa shape index (κ2) is 3.73. The van der Waals surface area contributed by atoms with Crippen molar-refractivity contribution in [3.05, 3.63) is 11.5 Å². The minimum Gasteiger partial charge on any atom is -0.495 e. The van der Waals surface area contributed by atoms with Gasteiger partial charge in [0.2, 0.25) is 0 Å². The molecule has 5 heteroatoms. The number of rotatable bonds is 3. The van der Waals surface area contributed by atoms with Gasteiger partial charge in [0.15, 0.2) is 11.5 Å². The van der Waals surface area contributed by atoms with Gasteiger partial charge in [-0.3, -0.25) is 4.79 Å². The average Bonchev–Trinajstić information content (AvgIpc) is 2.83. The third-order valence-corrected chi connectivity index (χ3v) is 2.88. The Morgan fingerprint density at radius 3 is 2.47 bits per heavy atom. The third kappa shape index (κ3) is 1.38. The van der Waals surface area contributed by atoms with Crippen LogP contribution in [0.5, 0.6) is 0 Å². The lowest BCUT2D eigenvalue weighted by atomic mass is 9.92. The summed E-state index contributed by atoms with van der Waals surface area (Å²) in [5.74, 6) is 0.785. The molecule has 1 fully saturated rings. The van der Waals surface area contributed by atoms with Gasteiger partial charge in [-0.15, -0.1) is 0 Å². The van der Waals surface area contributed by atoms with E-state index in [-0.39, 0.29) is 24.1 Å². The largest absolute Gasteiger partial charge is 0.495 e. The van der Waals surface area contributed by atoms with Gasteiger partial charge >= 0.3 is 5.97 Å². The van der Waals surface area contributed by atoms with Crippen molar-refractivity contribution in [3.8, 4) is 0 Å². The van der Waals surface area contributed by atoms with Gasteiger partial charge in [-0.2, -0.15) is 0 Å². The SMILES string of the molecule is COC(=O)C1C[C@H]2O[C@@H]1C(OC)=C2OC. The summed E-state index contributed by atoms with van der Waals surface area (Å²) in [5, 5.41) is 0. The highest BCUT2D eigenvalue weighted by Gasteiger charge is 2.52. The molecule has 15 heavy (non-hydrogen) atoms. The van der Waals surface area contributed by atoms with Crippen molar-refractivity contribution in [2.24, 2.45) is 5.92 Å². The van der Waals surface area contributed by atoms with Gasteiger partial charge in [0.25, 0.3) is 0 Å². The Hall–Kier alpha value is -1.23. The summed E-state index contributed by atoms with van der Waals surface area (Å²) >= 11 is 0. The van der Waals surface area contributed by atoms with Crippen molar-refractivity contribution < 1.29 is 23.7 Å². The predicted molar refractivity (Wildman–Crippen MR) is 49.8 cm³/mol. The van der Waals surface area contributed by atoms with Crippen LogP contribution in [0.2, 0.25) is 0 Å². The minimum absolute atomic E-state index is 0.168. The van der Waals surface area contributed by atoms with Crippen molar-refractivity contribution in [2.75, 3.05) is 21.3 Å². The van der Waals surface area contributed by atoms with Crippen LogP contribution in [0.25, 0.3) is 0 Å². The number of fused-ring (bicyclic) bond motifs is 2. The number of hydrogen-bond donors (Lipinski definition) is 0. The molecule has 0 N–H and O–H groups in total. The summed E-state index contributed by atoms with van der Waals surface area (Å²) in [6, 6.07) is 0. The lowest BCUT2D eigenvalue weighted by Gasteiger charge is -2.20. The van der Waals surface area contributed by atoms with E-state index in [9.17, 15) is 4.79 Å². The molecule has 5 nitrogen and oxygen atoms in total. The first-order valence-electron chi connectivity index (χ1n) is 4.78. The lowest BCUT2D eigenvalue weighted by Crippen LogP contribution is -2.29. The molecule has 0 radical (unpaired) electrons. The van der Waals surface area contributed by atoms with Crippen LogP contribution in [-0.2, 0) is 23.7 Å². The van der Waals surface area contributed by atoms with E-state index in [2.05, 4.69) is 0 Å². The first kappa shape index (κ1) is 10.3. The van der Waals surface area contributed by atoms with Crippen LogP contribution in [0, 0.1) is 5.92 Å². The van der Waals surface area contributed by atoms with Crippen molar-refractivity contribution >= 4 is 5.97 Å². The molecule has 2 rings (SSSR count). The Morgan fingerprint density at radius 1 is 1.27 bits per heavy atom. The summed E-state index contributed by atoms with van der Waals surface area (Å²) in [4.78, 5) is 11.4. The highest BCUT2D eigenvalue weighted by Crippen LogP contribution is 2.43. The van der Waals surface area contributed by atoms with E-state index < -0.39 is 0 Å². The normalized spacial score (nSPS) is 33.1. The van der Waals surface area contributed by atoms with E-state index in [0.29, 0.717) is 17.9 Å². The minimum atomic E-state index is -0.345. The van der Waals surface area contributed by atoms with Crippen LogP contribution in [0.4, 0.5) is 0 Å². The summed E-state index contributed by atoms with van der Waals surface area (Å²) in [5.41, 5.74) is 0. The monoisotopic (exact) mass is 214 g/mol. The maximum Gasteiger partial charge on any atom is 0.311 e. The Morgan fingerprint density at radius 2 is 1.93 bits per heavy atom. The lowest BCUT2D eigenvalue weighted by molar-refractivity contribution is -0.147. The van der Waals surface area contributed by atoms with Crippen LogP contribution in [-0.4, -0.2) is 39.5 Å². The molecule has 0 saturated carbocycles. The predicted octanol–water partition coefficient (Wildman–Crippen LogP) is 0.451. The summed E-state index contributed by atoms with van der Waals surface area (Å²) in [7, 11) is 4.50. The molecule has 0 aromatic rings. The Balaban J connectivity index is 2.22. The first-order valence-corrected chi connectivity index (χ1v) is 4.78. The number of hydrogen-bond acceptors (Lipinski definition) is 5. The van der Waals surface area contributed by atoms with Gasteiger partial charge in [-0.1, -0.05) is 0 Å². The number of esters is 1. The van der Waals surface area contributed by atoms with Crippen molar-refractivity contribution in [1.29, 1.82) is 0 Å². The fraction of sp³-hybridized carbons (Fsp3) is 0.700. The quantitative estimate of drug-likeness (QED) is 0.638. The molecular weight excluding hydrogens is 200 g/mol.